The first-order valence-electron chi connectivity index (χ1n) is 7.96. The molecular formula is C19H19N3O4. The number of carbonyl (C=O) groups excluding carboxylic acids is 2. The first-order chi connectivity index (χ1) is 12.4. The number of nitrogens with one attached hydrogen (secondary N) is 2. The van der Waals surface area contributed by atoms with E-state index in [-0.39, 0.29) is 17.4 Å². The van der Waals surface area contributed by atoms with Crippen molar-refractivity contribution in [2.24, 2.45) is 0 Å². The van der Waals surface area contributed by atoms with Crippen molar-refractivity contribution in [2.45, 2.75) is 19.9 Å². The summed E-state index contributed by atoms with van der Waals surface area (Å²) in [6, 6.07) is 14.9. The van der Waals surface area contributed by atoms with Gasteiger partial charge in [-0.3, -0.25) is 19.7 Å². The molecule has 134 valence electrons. The SMILES string of the molecule is CC(=O)N/C(=C\c1cccc([N+](=O)[O-])c1)C(=O)NC(C)c1ccccc1. The van der Waals surface area contributed by atoms with E-state index in [9.17, 15) is 19.7 Å². The summed E-state index contributed by atoms with van der Waals surface area (Å²) in [4.78, 5) is 34.4. The van der Waals surface area contributed by atoms with Crippen LogP contribution in [0.1, 0.15) is 31.0 Å². The monoisotopic (exact) mass is 353 g/mol. The summed E-state index contributed by atoms with van der Waals surface area (Å²) in [6.45, 7) is 3.11. The molecule has 0 fully saturated rings. The molecule has 0 aliphatic heterocycles. The number of amides is 2. The van der Waals surface area contributed by atoms with E-state index in [2.05, 4.69) is 10.6 Å². The fourth-order valence-electron chi connectivity index (χ4n) is 2.34. The highest BCUT2D eigenvalue weighted by atomic mass is 16.6. The summed E-state index contributed by atoms with van der Waals surface area (Å²) in [5.41, 5.74) is 1.27. The van der Waals surface area contributed by atoms with Gasteiger partial charge < -0.3 is 10.6 Å². The summed E-state index contributed by atoms with van der Waals surface area (Å²) < 4.78 is 0. The second-order valence-electron chi connectivity index (χ2n) is 5.70. The zero-order valence-electron chi connectivity index (χ0n) is 14.4. The van der Waals surface area contributed by atoms with Crippen molar-refractivity contribution in [1.82, 2.24) is 10.6 Å². The molecule has 2 aromatic rings. The summed E-state index contributed by atoms with van der Waals surface area (Å²) in [5, 5.41) is 16.2. The zero-order valence-corrected chi connectivity index (χ0v) is 14.4. The first-order valence-corrected chi connectivity index (χ1v) is 7.96. The summed E-state index contributed by atoms with van der Waals surface area (Å²) in [7, 11) is 0. The first kappa shape index (κ1) is 18.9. The second-order valence-corrected chi connectivity index (χ2v) is 5.70. The number of nitro benzene ring substituents is 1. The van der Waals surface area contributed by atoms with Gasteiger partial charge in [-0.2, -0.15) is 0 Å². The lowest BCUT2D eigenvalue weighted by Gasteiger charge is -2.16. The maximum atomic E-state index is 12.6. The van der Waals surface area contributed by atoms with Gasteiger partial charge in [-0.15, -0.1) is 0 Å². The van der Waals surface area contributed by atoms with E-state index in [1.165, 1.54) is 31.2 Å². The van der Waals surface area contributed by atoms with Crippen LogP contribution in [0, 0.1) is 10.1 Å². The summed E-state index contributed by atoms with van der Waals surface area (Å²) in [5.74, 6) is -0.896. The number of rotatable bonds is 6. The Balaban J connectivity index is 2.26. The second kappa shape index (κ2) is 8.57. The number of hydrogen-bond acceptors (Lipinski definition) is 4. The van der Waals surface area contributed by atoms with Gasteiger partial charge in [0.1, 0.15) is 5.70 Å². The Hall–Kier alpha value is -3.48. The lowest BCUT2D eigenvalue weighted by atomic mass is 10.1. The molecule has 0 aromatic heterocycles. The molecule has 0 saturated heterocycles. The molecule has 0 heterocycles. The minimum absolute atomic E-state index is 0.0146. The number of nitro groups is 1. The topological polar surface area (TPSA) is 101 Å². The summed E-state index contributed by atoms with van der Waals surface area (Å²) >= 11 is 0. The van der Waals surface area contributed by atoms with Crippen molar-refractivity contribution in [2.75, 3.05) is 0 Å². The zero-order chi connectivity index (χ0) is 19.1. The Morgan fingerprint density at radius 1 is 1.12 bits per heavy atom. The Bertz CT molecular complexity index is 847. The van der Waals surface area contributed by atoms with Crippen LogP contribution in [0.4, 0.5) is 5.69 Å². The Morgan fingerprint density at radius 3 is 2.42 bits per heavy atom. The minimum Gasteiger partial charge on any atom is -0.344 e. The molecule has 0 aliphatic rings. The highest BCUT2D eigenvalue weighted by Gasteiger charge is 2.15. The average molecular weight is 353 g/mol. The predicted molar refractivity (Wildman–Crippen MR) is 97.9 cm³/mol. The predicted octanol–water partition coefficient (Wildman–Crippen LogP) is 2.95. The number of non-ortho nitro benzene ring substituents is 1. The molecule has 2 rings (SSSR count). The average Bonchev–Trinajstić information content (AvgIpc) is 2.61. The number of benzene rings is 2. The fraction of sp³-hybridized carbons (Fsp3) is 0.158. The molecule has 0 radical (unpaired) electrons. The van der Waals surface area contributed by atoms with Crippen LogP contribution in [0.5, 0.6) is 0 Å². The molecular weight excluding hydrogens is 334 g/mol. The smallest absolute Gasteiger partial charge is 0.270 e. The van der Waals surface area contributed by atoms with Gasteiger partial charge in [0, 0.05) is 19.1 Å². The van der Waals surface area contributed by atoms with Crippen molar-refractivity contribution in [1.29, 1.82) is 0 Å². The molecule has 7 nitrogen and oxygen atoms in total. The van der Waals surface area contributed by atoms with Crippen LogP contribution in [-0.4, -0.2) is 16.7 Å². The molecule has 26 heavy (non-hydrogen) atoms. The van der Waals surface area contributed by atoms with Crippen molar-refractivity contribution in [3.63, 3.8) is 0 Å². The van der Waals surface area contributed by atoms with Gasteiger partial charge in [0.05, 0.1) is 11.0 Å². The van der Waals surface area contributed by atoms with E-state index in [4.69, 9.17) is 0 Å². The fourth-order valence-corrected chi connectivity index (χ4v) is 2.34. The molecule has 2 N–H and O–H groups in total. The Morgan fingerprint density at radius 2 is 1.81 bits per heavy atom. The number of nitrogens with zero attached hydrogens (tertiary/aromatic N) is 1. The maximum absolute atomic E-state index is 12.6. The van der Waals surface area contributed by atoms with Gasteiger partial charge in [0.25, 0.3) is 11.6 Å². The van der Waals surface area contributed by atoms with E-state index in [1.807, 2.05) is 37.3 Å². The lowest BCUT2D eigenvalue weighted by molar-refractivity contribution is -0.384. The highest BCUT2D eigenvalue weighted by molar-refractivity contribution is 6.01. The van der Waals surface area contributed by atoms with Crippen LogP contribution in [0.3, 0.4) is 0 Å². The Labute approximate surface area is 150 Å². The molecule has 0 aliphatic carbocycles. The van der Waals surface area contributed by atoms with Gasteiger partial charge >= 0.3 is 0 Å². The minimum atomic E-state index is -0.521. The standard InChI is InChI=1S/C19H19N3O4/c1-13(16-8-4-3-5-9-16)20-19(24)18(21-14(2)23)12-15-7-6-10-17(11-15)22(25)26/h3-13H,1-2H3,(H,20,24)(H,21,23)/b18-12-. The third kappa shape index (κ3) is 5.27. The third-order valence-electron chi connectivity index (χ3n) is 3.59. The highest BCUT2D eigenvalue weighted by Crippen LogP contribution is 2.16. The van der Waals surface area contributed by atoms with E-state index >= 15 is 0 Å². The van der Waals surface area contributed by atoms with Gasteiger partial charge in [0.2, 0.25) is 5.91 Å². The molecule has 0 spiro atoms. The number of carbonyl (C=O) groups is 2. The molecule has 1 unspecified atom stereocenters. The maximum Gasteiger partial charge on any atom is 0.270 e. The van der Waals surface area contributed by atoms with Crippen molar-refractivity contribution >= 4 is 23.6 Å². The van der Waals surface area contributed by atoms with Gasteiger partial charge in [-0.1, -0.05) is 42.5 Å². The van der Waals surface area contributed by atoms with Crippen molar-refractivity contribution in [3.05, 3.63) is 81.5 Å². The van der Waals surface area contributed by atoms with Crippen LogP contribution in [0.2, 0.25) is 0 Å². The largest absolute Gasteiger partial charge is 0.344 e. The van der Waals surface area contributed by atoms with Gasteiger partial charge in [-0.05, 0) is 24.1 Å². The quantitative estimate of drug-likeness (QED) is 0.473. The summed E-state index contributed by atoms with van der Waals surface area (Å²) in [6.07, 6.45) is 1.40. The van der Waals surface area contributed by atoms with E-state index < -0.39 is 16.7 Å². The van der Waals surface area contributed by atoms with Crippen molar-refractivity contribution in [3.8, 4) is 0 Å². The van der Waals surface area contributed by atoms with Crippen LogP contribution < -0.4 is 10.6 Å². The van der Waals surface area contributed by atoms with Crippen LogP contribution in [0.25, 0.3) is 6.08 Å². The van der Waals surface area contributed by atoms with Crippen molar-refractivity contribution < 1.29 is 14.5 Å². The number of hydrogen-bond donors (Lipinski definition) is 2. The molecule has 0 saturated carbocycles. The van der Waals surface area contributed by atoms with E-state index in [0.717, 1.165) is 5.56 Å². The van der Waals surface area contributed by atoms with Crippen LogP contribution >= 0.6 is 0 Å². The molecule has 2 amide bonds. The van der Waals surface area contributed by atoms with E-state index in [1.54, 1.807) is 6.07 Å². The molecule has 2 aromatic carbocycles. The van der Waals surface area contributed by atoms with Crippen LogP contribution in [-0.2, 0) is 9.59 Å². The van der Waals surface area contributed by atoms with Gasteiger partial charge in [-0.25, -0.2) is 0 Å². The lowest BCUT2D eigenvalue weighted by Crippen LogP contribution is -2.35. The Kier molecular flexibility index (Phi) is 6.21. The molecule has 7 heteroatoms. The third-order valence-corrected chi connectivity index (χ3v) is 3.59. The van der Waals surface area contributed by atoms with Crippen LogP contribution in [0.15, 0.2) is 60.3 Å². The normalized spacial score (nSPS) is 12.2. The molecule has 0 bridgehead atoms. The van der Waals surface area contributed by atoms with Gasteiger partial charge in [0.15, 0.2) is 0 Å². The molecule has 1 atom stereocenters. The van der Waals surface area contributed by atoms with E-state index in [0.29, 0.717) is 5.56 Å².